The van der Waals surface area contributed by atoms with E-state index in [1.165, 1.54) is 29.6 Å². The summed E-state index contributed by atoms with van der Waals surface area (Å²) in [5.74, 6) is 0.165. The number of rotatable bonds is 5. The number of nitrogens with zero attached hydrogens (tertiary/aromatic N) is 1. The van der Waals surface area contributed by atoms with Crippen LogP contribution in [0.5, 0.6) is 11.5 Å². The van der Waals surface area contributed by atoms with E-state index in [0.717, 1.165) is 0 Å². The van der Waals surface area contributed by atoms with Gasteiger partial charge in [0.1, 0.15) is 11.5 Å². The maximum absolute atomic E-state index is 12.7. The molecule has 0 atom stereocenters. The van der Waals surface area contributed by atoms with E-state index in [2.05, 4.69) is 5.32 Å². The van der Waals surface area contributed by atoms with Gasteiger partial charge in [-0.25, -0.2) is 8.42 Å². The number of phenolic OH excluding ortho intramolecular Hbond substituents is 1. The lowest BCUT2D eigenvalue weighted by molar-refractivity contribution is 0.0921. The predicted molar refractivity (Wildman–Crippen MR) is 100 cm³/mol. The van der Waals surface area contributed by atoms with Crippen LogP contribution in [0.2, 0.25) is 0 Å². The van der Waals surface area contributed by atoms with Crippen molar-refractivity contribution in [3.05, 3.63) is 54.1 Å². The zero-order valence-electron chi connectivity index (χ0n) is 15.0. The van der Waals surface area contributed by atoms with Crippen molar-refractivity contribution in [3.63, 3.8) is 0 Å². The van der Waals surface area contributed by atoms with Gasteiger partial charge >= 0.3 is 0 Å². The Morgan fingerprint density at radius 1 is 1.11 bits per heavy atom. The van der Waals surface area contributed by atoms with Crippen molar-refractivity contribution in [2.75, 3.05) is 20.2 Å². The van der Waals surface area contributed by atoms with Gasteiger partial charge in [0.2, 0.25) is 10.0 Å². The number of sulfonamides is 1. The smallest absolute Gasteiger partial charge is 0.255 e. The summed E-state index contributed by atoms with van der Waals surface area (Å²) in [6.07, 6.45) is 1.02. The minimum absolute atomic E-state index is 0.0745. The first-order valence-electron chi connectivity index (χ1n) is 8.65. The van der Waals surface area contributed by atoms with Crippen LogP contribution in [0.1, 0.15) is 23.2 Å². The molecule has 1 aliphatic heterocycles. The van der Waals surface area contributed by atoms with Crippen molar-refractivity contribution in [2.45, 2.75) is 23.8 Å². The summed E-state index contributed by atoms with van der Waals surface area (Å²) >= 11 is 0. The Labute approximate surface area is 158 Å². The number of hydrogen-bond acceptors (Lipinski definition) is 5. The van der Waals surface area contributed by atoms with Crippen LogP contribution in [0.3, 0.4) is 0 Å². The molecule has 1 aliphatic rings. The second kappa shape index (κ2) is 7.98. The van der Waals surface area contributed by atoms with E-state index in [4.69, 9.17) is 4.74 Å². The quantitative estimate of drug-likeness (QED) is 0.814. The number of nitrogens with one attached hydrogen (secondary N) is 1. The molecule has 0 aliphatic carbocycles. The molecular weight excluding hydrogens is 368 g/mol. The highest BCUT2D eigenvalue weighted by atomic mass is 32.2. The maximum atomic E-state index is 12.7. The van der Waals surface area contributed by atoms with Crippen LogP contribution in [0, 0.1) is 0 Å². The Morgan fingerprint density at radius 2 is 1.74 bits per heavy atom. The SMILES string of the molecule is COc1ccc(S(=O)(=O)N2CCC(NC(=O)c3ccccc3O)CC2)cc1. The Morgan fingerprint density at radius 3 is 2.33 bits per heavy atom. The summed E-state index contributed by atoms with van der Waals surface area (Å²) in [5.41, 5.74) is 0.214. The number of para-hydroxylation sites is 1. The van der Waals surface area contributed by atoms with Gasteiger partial charge in [-0.15, -0.1) is 0 Å². The average molecular weight is 390 g/mol. The van der Waals surface area contributed by atoms with Crippen LogP contribution in [0.15, 0.2) is 53.4 Å². The lowest BCUT2D eigenvalue weighted by Gasteiger charge is -2.31. The molecule has 7 nitrogen and oxygen atoms in total. The third-order valence-electron chi connectivity index (χ3n) is 4.64. The number of carbonyl (C=O) groups excluding carboxylic acids is 1. The van der Waals surface area contributed by atoms with Gasteiger partial charge in [0.15, 0.2) is 0 Å². The second-order valence-electron chi connectivity index (χ2n) is 6.34. The molecule has 3 rings (SSSR count). The number of carbonyl (C=O) groups is 1. The molecule has 2 aromatic rings. The molecule has 0 spiro atoms. The van der Waals surface area contributed by atoms with Gasteiger partial charge in [-0.05, 0) is 49.2 Å². The molecule has 0 aromatic heterocycles. The molecule has 144 valence electrons. The third kappa shape index (κ3) is 4.23. The predicted octanol–water partition coefficient (Wildman–Crippen LogP) is 1.98. The van der Waals surface area contributed by atoms with Gasteiger partial charge in [-0.2, -0.15) is 4.31 Å². The molecule has 0 radical (unpaired) electrons. The number of hydrogen-bond donors (Lipinski definition) is 2. The minimum Gasteiger partial charge on any atom is -0.507 e. The standard InChI is InChI=1S/C19H22N2O5S/c1-26-15-6-8-16(9-7-15)27(24,25)21-12-10-14(11-13-21)20-19(23)17-4-2-3-5-18(17)22/h2-9,14,22H,10-13H2,1H3,(H,20,23). The molecule has 0 bridgehead atoms. The van der Waals surface area contributed by atoms with E-state index in [1.54, 1.807) is 30.3 Å². The van der Waals surface area contributed by atoms with Gasteiger partial charge in [0.25, 0.3) is 5.91 Å². The zero-order valence-corrected chi connectivity index (χ0v) is 15.8. The number of phenols is 1. The number of methoxy groups -OCH3 is 1. The highest BCUT2D eigenvalue weighted by Gasteiger charge is 2.30. The summed E-state index contributed by atoms with van der Waals surface area (Å²) in [4.78, 5) is 12.5. The average Bonchev–Trinajstić information content (AvgIpc) is 2.68. The molecular formula is C19H22N2O5S. The topological polar surface area (TPSA) is 95.9 Å². The zero-order chi connectivity index (χ0) is 19.4. The van der Waals surface area contributed by atoms with E-state index in [-0.39, 0.29) is 28.2 Å². The first kappa shape index (κ1) is 19.2. The molecule has 8 heteroatoms. The van der Waals surface area contributed by atoms with Gasteiger partial charge in [0.05, 0.1) is 17.6 Å². The highest BCUT2D eigenvalue weighted by Crippen LogP contribution is 2.23. The Kier molecular flexibility index (Phi) is 5.67. The summed E-state index contributed by atoms with van der Waals surface area (Å²) in [7, 11) is -2.05. The number of amides is 1. The molecule has 0 saturated carbocycles. The molecule has 1 heterocycles. The van der Waals surface area contributed by atoms with Crippen LogP contribution < -0.4 is 10.1 Å². The monoisotopic (exact) mass is 390 g/mol. The second-order valence-corrected chi connectivity index (χ2v) is 8.28. The lowest BCUT2D eigenvalue weighted by Crippen LogP contribution is -2.46. The fourth-order valence-corrected chi connectivity index (χ4v) is 4.54. The molecule has 0 unspecified atom stereocenters. The number of aromatic hydroxyl groups is 1. The molecule has 2 aromatic carbocycles. The van der Waals surface area contributed by atoms with Crippen molar-refractivity contribution in [2.24, 2.45) is 0 Å². The first-order chi connectivity index (χ1) is 12.9. The highest BCUT2D eigenvalue weighted by molar-refractivity contribution is 7.89. The third-order valence-corrected chi connectivity index (χ3v) is 6.55. The number of benzene rings is 2. The van der Waals surface area contributed by atoms with Crippen molar-refractivity contribution in [1.82, 2.24) is 9.62 Å². The van der Waals surface area contributed by atoms with E-state index < -0.39 is 10.0 Å². The van der Waals surface area contributed by atoms with Gasteiger partial charge in [0, 0.05) is 19.1 Å². The molecule has 2 N–H and O–H groups in total. The summed E-state index contributed by atoms with van der Waals surface area (Å²) in [6.45, 7) is 0.639. The lowest BCUT2D eigenvalue weighted by atomic mass is 10.1. The van der Waals surface area contributed by atoms with Gasteiger partial charge in [-0.1, -0.05) is 12.1 Å². The fourth-order valence-electron chi connectivity index (χ4n) is 3.07. The Bertz CT molecular complexity index is 904. The molecule has 1 saturated heterocycles. The van der Waals surface area contributed by atoms with Crippen molar-refractivity contribution in [1.29, 1.82) is 0 Å². The molecule has 27 heavy (non-hydrogen) atoms. The fraction of sp³-hybridized carbons (Fsp3) is 0.316. The normalized spacial score (nSPS) is 16.0. The van der Waals surface area contributed by atoms with Crippen LogP contribution in [-0.2, 0) is 10.0 Å². The van der Waals surface area contributed by atoms with E-state index in [9.17, 15) is 18.3 Å². The van der Waals surface area contributed by atoms with Gasteiger partial charge < -0.3 is 15.2 Å². The van der Waals surface area contributed by atoms with Crippen LogP contribution in [0.4, 0.5) is 0 Å². The van der Waals surface area contributed by atoms with Crippen LogP contribution in [0.25, 0.3) is 0 Å². The summed E-state index contributed by atoms with van der Waals surface area (Å²) in [6, 6.07) is 12.5. The maximum Gasteiger partial charge on any atom is 0.255 e. The minimum atomic E-state index is -3.57. The van der Waals surface area contributed by atoms with E-state index in [1.807, 2.05) is 0 Å². The van der Waals surface area contributed by atoms with Crippen LogP contribution >= 0.6 is 0 Å². The van der Waals surface area contributed by atoms with Crippen molar-refractivity contribution < 1.29 is 23.1 Å². The van der Waals surface area contributed by atoms with E-state index >= 15 is 0 Å². The largest absolute Gasteiger partial charge is 0.507 e. The first-order valence-corrected chi connectivity index (χ1v) is 10.1. The van der Waals surface area contributed by atoms with Crippen molar-refractivity contribution >= 4 is 15.9 Å². The van der Waals surface area contributed by atoms with E-state index in [0.29, 0.717) is 31.7 Å². The number of ether oxygens (including phenoxy) is 1. The molecule has 1 fully saturated rings. The summed E-state index contributed by atoms with van der Waals surface area (Å²) < 4.78 is 32.0. The van der Waals surface area contributed by atoms with Crippen molar-refractivity contribution in [3.8, 4) is 11.5 Å². The van der Waals surface area contributed by atoms with Crippen LogP contribution in [-0.4, -0.2) is 50.0 Å². The summed E-state index contributed by atoms with van der Waals surface area (Å²) in [5, 5.41) is 12.6. The van der Waals surface area contributed by atoms with Gasteiger partial charge in [-0.3, -0.25) is 4.79 Å². The Hall–Kier alpha value is -2.58. The Balaban J connectivity index is 1.61. The molecule has 1 amide bonds. The number of piperidine rings is 1.